The molecule has 0 bridgehead atoms. The van der Waals surface area contributed by atoms with Gasteiger partial charge in [-0.25, -0.2) is 4.98 Å². The number of anilines is 2. The molecule has 0 fully saturated rings. The van der Waals surface area contributed by atoms with Gasteiger partial charge in [0.1, 0.15) is 5.82 Å². The van der Waals surface area contributed by atoms with Crippen LogP contribution < -0.4 is 15.5 Å². The lowest BCUT2D eigenvalue weighted by Crippen LogP contribution is -2.37. The summed E-state index contributed by atoms with van der Waals surface area (Å²) >= 11 is 0. The van der Waals surface area contributed by atoms with Crippen molar-refractivity contribution in [2.24, 2.45) is 5.92 Å². The Hall–Kier alpha value is -1.85. The zero-order chi connectivity index (χ0) is 15.1. The van der Waals surface area contributed by atoms with Gasteiger partial charge in [0.25, 0.3) is 0 Å². The highest BCUT2D eigenvalue weighted by molar-refractivity contribution is 5.81. The third-order valence-electron chi connectivity index (χ3n) is 2.73. The first-order valence-electron chi connectivity index (χ1n) is 6.99. The highest BCUT2D eigenvalue weighted by atomic mass is 16.2. The Kier molecular flexibility index (Phi) is 6.21. The molecule has 0 saturated carbocycles. The molecule has 20 heavy (non-hydrogen) atoms. The van der Waals surface area contributed by atoms with E-state index in [1.54, 1.807) is 6.20 Å². The Bertz CT molecular complexity index is 447. The number of aryl methyl sites for hydroxylation is 1. The largest absolute Gasteiger partial charge is 0.354 e. The molecule has 1 rings (SSSR count). The van der Waals surface area contributed by atoms with Gasteiger partial charge in [-0.15, -0.1) is 0 Å². The molecule has 1 heterocycles. The normalized spacial score (nSPS) is 10.5. The molecule has 0 spiro atoms. The summed E-state index contributed by atoms with van der Waals surface area (Å²) in [6.07, 6.45) is 1.77. The fourth-order valence-corrected chi connectivity index (χ4v) is 1.73. The second-order valence-electron chi connectivity index (χ2n) is 5.28. The Balaban J connectivity index is 2.68. The first kappa shape index (κ1) is 16.2. The van der Waals surface area contributed by atoms with Crippen molar-refractivity contribution in [1.29, 1.82) is 0 Å². The van der Waals surface area contributed by atoms with E-state index in [4.69, 9.17) is 0 Å². The molecule has 0 aliphatic carbocycles. The van der Waals surface area contributed by atoms with E-state index in [0.717, 1.165) is 17.9 Å². The third-order valence-corrected chi connectivity index (χ3v) is 2.73. The molecule has 0 aromatic carbocycles. The van der Waals surface area contributed by atoms with Crippen LogP contribution in [0.3, 0.4) is 0 Å². The van der Waals surface area contributed by atoms with Crippen molar-refractivity contribution < 1.29 is 4.79 Å². The summed E-state index contributed by atoms with van der Waals surface area (Å²) < 4.78 is 0. The lowest BCUT2D eigenvalue weighted by Gasteiger charge is -2.20. The van der Waals surface area contributed by atoms with Gasteiger partial charge in [-0.1, -0.05) is 13.8 Å². The first-order chi connectivity index (χ1) is 9.43. The predicted octanol–water partition coefficient (Wildman–Crippen LogP) is 1.43. The Morgan fingerprint density at radius 2 is 2.15 bits per heavy atom. The molecule has 0 saturated heterocycles. The number of rotatable bonds is 7. The van der Waals surface area contributed by atoms with E-state index in [1.165, 1.54) is 0 Å². The molecule has 1 aromatic heterocycles. The lowest BCUT2D eigenvalue weighted by molar-refractivity contribution is -0.119. The zero-order valence-electron chi connectivity index (χ0n) is 13.0. The van der Waals surface area contributed by atoms with Crippen LogP contribution in [0, 0.1) is 12.8 Å². The Morgan fingerprint density at radius 3 is 2.75 bits per heavy atom. The van der Waals surface area contributed by atoms with Gasteiger partial charge in [0, 0.05) is 31.9 Å². The van der Waals surface area contributed by atoms with E-state index in [-0.39, 0.29) is 12.5 Å². The molecule has 0 aliphatic rings. The molecular weight excluding hydrogens is 254 g/mol. The molecule has 112 valence electrons. The first-order valence-corrected chi connectivity index (χ1v) is 6.99. The van der Waals surface area contributed by atoms with Crippen LogP contribution in [0.4, 0.5) is 11.8 Å². The molecule has 0 atom stereocenters. The fraction of sp³-hybridized carbons (Fsp3) is 0.643. The summed E-state index contributed by atoms with van der Waals surface area (Å²) in [6.45, 7) is 9.82. The van der Waals surface area contributed by atoms with E-state index in [0.29, 0.717) is 18.4 Å². The summed E-state index contributed by atoms with van der Waals surface area (Å²) in [5.74, 6) is 1.81. The summed E-state index contributed by atoms with van der Waals surface area (Å²) in [4.78, 5) is 22.3. The van der Waals surface area contributed by atoms with Gasteiger partial charge in [0.2, 0.25) is 11.9 Å². The minimum absolute atomic E-state index is 0.00390. The van der Waals surface area contributed by atoms with Crippen LogP contribution in [0.5, 0.6) is 0 Å². The molecule has 1 amide bonds. The average molecular weight is 279 g/mol. The second kappa shape index (κ2) is 7.67. The number of carbonyl (C=O) groups is 1. The van der Waals surface area contributed by atoms with Crippen LogP contribution in [0.2, 0.25) is 0 Å². The van der Waals surface area contributed by atoms with E-state index in [9.17, 15) is 4.79 Å². The van der Waals surface area contributed by atoms with Crippen LogP contribution in [-0.2, 0) is 4.79 Å². The number of likely N-dealkylation sites (N-methyl/N-ethyl adjacent to an activating group) is 1. The van der Waals surface area contributed by atoms with Crippen molar-refractivity contribution in [3.8, 4) is 0 Å². The van der Waals surface area contributed by atoms with Gasteiger partial charge in [-0.3, -0.25) is 4.79 Å². The van der Waals surface area contributed by atoms with Crippen LogP contribution >= 0.6 is 0 Å². The minimum atomic E-state index is 0.00390. The molecule has 1 aromatic rings. The summed E-state index contributed by atoms with van der Waals surface area (Å²) in [5.41, 5.74) is 0.950. The molecule has 2 N–H and O–H groups in total. The molecule has 0 unspecified atom stereocenters. The minimum Gasteiger partial charge on any atom is -0.354 e. The maximum Gasteiger partial charge on any atom is 0.239 e. The van der Waals surface area contributed by atoms with Crippen molar-refractivity contribution >= 4 is 17.7 Å². The van der Waals surface area contributed by atoms with Crippen LogP contribution in [0.1, 0.15) is 26.3 Å². The van der Waals surface area contributed by atoms with Gasteiger partial charge in [-0.2, -0.15) is 4.98 Å². The van der Waals surface area contributed by atoms with E-state index in [1.807, 2.05) is 25.8 Å². The van der Waals surface area contributed by atoms with Crippen molar-refractivity contribution in [2.75, 3.05) is 36.9 Å². The molecule has 0 aliphatic heterocycles. The maximum atomic E-state index is 11.8. The number of hydrogen-bond donors (Lipinski definition) is 2. The van der Waals surface area contributed by atoms with Crippen LogP contribution in [0.25, 0.3) is 0 Å². The number of amides is 1. The predicted molar refractivity (Wildman–Crippen MR) is 82.1 cm³/mol. The Labute approximate surface area is 121 Å². The van der Waals surface area contributed by atoms with Crippen molar-refractivity contribution in [3.63, 3.8) is 0 Å². The van der Waals surface area contributed by atoms with E-state index in [2.05, 4.69) is 34.4 Å². The third kappa shape index (κ3) is 5.03. The summed E-state index contributed by atoms with van der Waals surface area (Å²) in [7, 11) is 1.86. The lowest BCUT2D eigenvalue weighted by atomic mass is 10.2. The van der Waals surface area contributed by atoms with Gasteiger partial charge >= 0.3 is 0 Å². The van der Waals surface area contributed by atoms with E-state index < -0.39 is 0 Å². The number of aromatic nitrogens is 2. The topological polar surface area (TPSA) is 70.2 Å². The fourth-order valence-electron chi connectivity index (χ4n) is 1.73. The van der Waals surface area contributed by atoms with Gasteiger partial charge < -0.3 is 15.5 Å². The number of hydrogen-bond acceptors (Lipinski definition) is 5. The van der Waals surface area contributed by atoms with Crippen molar-refractivity contribution in [1.82, 2.24) is 15.3 Å². The van der Waals surface area contributed by atoms with Crippen molar-refractivity contribution in [2.45, 2.75) is 27.7 Å². The standard InChI is InChI=1S/C14H25N5O/c1-6-15-14-17-8-11(4)13(18-14)19(5)9-12(20)16-7-10(2)3/h8,10H,6-7,9H2,1-5H3,(H,16,20)(H,15,17,18). The zero-order valence-corrected chi connectivity index (χ0v) is 13.0. The smallest absolute Gasteiger partial charge is 0.239 e. The van der Waals surface area contributed by atoms with Crippen LogP contribution in [-0.4, -0.2) is 42.6 Å². The SMILES string of the molecule is CCNc1ncc(C)c(N(C)CC(=O)NCC(C)C)n1. The quantitative estimate of drug-likeness (QED) is 0.790. The summed E-state index contributed by atoms with van der Waals surface area (Å²) in [6, 6.07) is 0. The Morgan fingerprint density at radius 1 is 1.45 bits per heavy atom. The number of nitrogens with zero attached hydrogens (tertiary/aromatic N) is 3. The van der Waals surface area contributed by atoms with Gasteiger partial charge in [-0.05, 0) is 19.8 Å². The van der Waals surface area contributed by atoms with Gasteiger partial charge in [0.05, 0.1) is 6.54 Å². The van der Waals surface area contributed by atoms with E-state index >= 15 is 0 Å². The highest BCUT2D eigenvalue weighted by Crippen LogP contribution is 2.16. The highest BCUT2D eigenvalue weighted by Gasteiger charge is 2.12. The molecule has 6 heteroatoms. The number of nitrogens with one attached hydrogen (secondary N) is 2. The monoisotopic (exact) mass is 279 g/mol. The molecule has 0 radical (unpaired) electrons. The van der Waals surface area contributed by atoms with Crippen LogP contribution in [0.15, 0.2) is 6.20 Å². The average Bonchev–Trinajstić information content (AvgIpc) is 2.38. The number of carbonyl (C=O) groups excluding carboxylic acids is 1. The molecular formula is C14H25N5O. The van der Waals surface area contributed by atoms with Gasteiger partial charge in [0.15, 0.2) is 0 Å². The second-order valence-corrected chi connectivity index (χ2v) is 5.28. The van der Waals surface area contributed by atoms with Crippen molar-refractivity contribution in [3.05, 3.63) is 11.8 Å². The maximum absolute atomic E-state index is 11.8. The molecule has 6 nitrogen and oxygen atoms in total. The summed E-state index contributed by atoms with van der Waals surface area (Å²) in [5, 5.41) is 5.98.